The van der Waals surface area contributed by atoms with Gasteiger partial charge in [0.25, 0.3) is 0 Å². The highest BCUT2D eigenvalue weighted by atomic mass is 28.4. The highest BCUT2D eigenvalue weighted by Gasteiger charge is 2.38. The lowest BCUT2D eigenvalue weighted by Gasteiger charge is -2.35. The predicted molar refractivity (Wildman–Crippen MR) is 90.2 cm³/mol. The Kier molecular flexibility index (Phi) is 8.86. The Morgan fingerprint density at radius 3 is 2.19 bits per heavy atom. The third kappa shape index (κ3) is 8.44. The van der Waals surface area contributed by atoms with Crippen molar-refractivity contribution in [3.63, 3.8) is 0 Å². The highest BCUT2D eigenvalue weighted by Crippen LogP contribution is 2.24. The Bertz CT molecular complexity index is 286. The van der Waals surface area contributed by atoms with Crippen molar-refractivity contribution in [3.8, 4) is 0 Å². The van der Waals surface area contributed by atoms with Crippen LogP contribution in [-0.4, -0.2) is 59.1 Å². The van der Waals surface area contributed by atoms with Crippen molar-refractivity contribution in [1.29, 1.82) is 0 Å². The minimum absolute atomic E-state index is 0.132. The van der Waals surface area contributed by atoms with Crippen LogP contribution in [0.2, 0.25) is 31.7 Å². The van der Waals surface area contributed by atoms with Crippen molar-refractivity contribution in [2.45, 2.75) is 70.6 Å². The van der Waals surface area contributed by atoms with Crippen LogP contribution in [0.3, 0.4) is 0 Å². The number of aliphatic hydroxyl groups is 2. The maximum atomic E-state index is 9.89. The van der Waals surface area contributed by atoms with Gasteiger partial charge in [-0.3, -0.25) is 0 Å². The Morgan fingerprint density at radius 1 is 1.24 bits per heavy atom. The number of hydrogen-bond acceptors (Lipinski definition) is 5. The molecular weight excluding hydrogens is 304 g/mol. The van der Waals surface area contributed by atoms with Crippen molar-refractivity contribution in [1.82, 2.24) is 0 Å². The predicted octanol–water partition coefficient (Wildman–Crippen LogP) is 2.48. The van der Waals surface area contributed by atoms with Crippen molar-refractivity contribution >= 4 is 16.9 Å². The average Bonchev–Trinajstić information content (AvgIpc) is 2.35. The van der Waals surface area contributed by atoms with Crippen LogP contribution in [0.5, 0.6) is 0 Å². The summed E-state index contributed by atoms with van der Waals surface area (Å²) in [6, 6.07) is 1.82. The number of rotatable bonds is 11. The number of hydrogen-bond donors (Lipinski definition) is 2. The van der Waals surface area contributed by atoms with E-state index < -0.39 is 28.6 Å². The highest BCUT2D eigenvalue weighted by molar-refractivity contribution is 6.82. The zero-order valence-corrected chi connectivity index (χ0v) is 16.7. The van der Waals surface area contributed by atoms with Crippen LogP contribution in [0.25, 0.3) is 0 Å². The summed E-state index contributed by atoms with van der Waals surface area (Å²) in [5.41, 5.74) is -1.20. The molecule has 3 unspecified atom stereocenters. The monoisotopic (exact) mass is 338 g/mol. The molecule has 3 atom stereocenters. The molecule has 0 aromatic heterocycles. The fourth-order valence-electron chi connectivity index (χ4n) is 1.99. The van der Waals surface area contributed by atoms with E-state index in [-0.39, 0.29) is 6.61 Å². The van der Waals surface area contributed by atoms with Crippen molar-refractivity contribution in [3.05, 3.63) is 0 Å². The third-order valence-electron chi connectivity index (χ3n) is 3.54. The van der Waals surface area contributed by atoms with Crippen LogP contribution in [0, 0.1) is 0 Å². The molecule has 0 heterocycles. The minimum Gasteiger partial charge on any atom is -0.436 e. The summed E-state index contributed by atoms with van der Waals surface area (Å²) in [6.45, 7) is 12.5. The van der Waals surface area contributed by atoms with Gasteiger partial charge in [0.2, 0.25) is 0 Å². The maximum absolute atomic E-state index is 9.89. The van der Waals surface area contributed by atoms with E-state index in [1.54, 1.807) is 21.0 Å². The standard InChI is InChI=1S/C14H34O5Si2/c1-8-21(17-4,19-20(5,6)7)11-9-10-18-12-14(3,16)13(2)15/h13,15-16H,8-12H2,1-7H3. The third-order valence-corrected chi connectivity index (χ3v) is 10.4. The normalized spacial score (nSPS) is 19.9. The first-order chi connectivity index (χ1) is 9.48. The number of aliphatic hydroxyl groups excluding tert-OH is 1. The molecule has 0 saturated heterocycles. The van der Waals surface area contributed by atoms with Crippen molar-refractivity contribution in [2.24, 2.45) is 0 Å². The van der Waals surface area contributed by atoms with Gasteiger partial charge in [0.1, 0.15) is 5.60 Å². The Hall–Kier alpha value is 0.234. The van der Waals surface area contributed by atoms with Crippen LogP contribution in [-0.2, 0) is 13.3 Å². The van der Waals surface area contributed by atoms with Crippen LogP contribution in [0.4, 0.5) is 0 Å². The zero-order valence-electron chi connectivity index (χ0n) is 14.7. The summed E-state index contributed by atoms with van der Waals surface area (Å²) in [4.78, 5) is 0. The second kappa shape index (κ2) is 8.76. The van der Waals surface area contributed by atoms with Gasteiger partial charge in [0, 0.05) is 13.7 Å². The molecule has 0 amide bonds. The molecule has 0 radical (unpaired) electrons. The van der Waals surface area contributed by atoms with E-state index in [9.17, 15) is 10.2 Å². The second-order valence-corrected chi connectivity index (χ2v) is 15.4. The SMILES string of the molecule is CC[Si](CCCOCC(C)(O)C(C)O)(OC)O[Si](C)(C)C. The van der Waals surface area contributed by atoms with Crippen LogP contribution >= 0.6 is 0 Å². The quantitative estimate of drug-likeness (QED) is 0.447. The molecule has 5 nitrogen and oxygen atoms in total. The fraction of sp³-hybridized carbons (Fsp3) is 1.00. The Balaban J connectivity index is 4.23. The van der Waals surface area contributed by atoms with Crippen LogP contribution in [0.15, 0.2) is 0 Å². The van der Waals surface area contributed by atoms with Gasteiger partial charge in [-0.1, -0.05) is 6.92 Å². The molecular formula is C14H34O5Si2. The molecule has 7 heteroatoms. The molecule has 0 fully saturated rings. The van der Waals surface area contributed by atoms with E-state index in [1.165, 1.54) is 0 Å². The Labute approximate surface area is 132 Å². The summed E-state index contributed by atoms with van der Waals surface area (Å²) < 4.78 is 17.6. The summed E-state index contributed by atoms with van der Waals surface area (Å²) in [6.07, 6.45) is 0.0321. The minimum atomic E-state index is -2.13. The molecule has 2 N–H and O–H groups in total. The van der Waals surface area contributed by atoms with E-state index in [2.05, 4.69) is 26.6 Å². The van der Waals surface area contributed by atoms with E-state index >= 15 is 0 Å². The van der Waals surface area contributed by atoms with Gasteiger partial charge in [-0.15, -0.1) is 0 Å². The molecule has 0 aliphatic rings. The van der Waals surface area contributed by atoms with E-state index in [0.717, 1.165) is 18.5 Å². The molecule has 0 rings (SSSR count). The van der Waals surface area contributed by atoms with Gasteiger partial charge >= 0.3 is 8.56 Å². The van der Waals surface area contributed by atoms with Gasteiger partial charge in [0.15, 0.2) is 8.32 Å². The topological polar surface area (TPSA) is 68.2 Å². The summed E-state index contributed by atoms with van der Waals surface area (Å²) in [5.74, 6) is 0. The lowest BCUT2D eigenvalue weighted by Crippen LogP contribution is -2.48. The first-order valence-electron chi connectivity index (χ1n) is 7.71. The first kappa shape index (κ1) is 21.2. The molecule has 0 aromatic rings. The van der Waals surface area contributed by atoms with E-state index in [1.807, 2.05) is 0 Å². The van der Waals surface area contributed by atoms with Crippen molar-refractivity contribution in [2.75, 3.05) is 20.3 Å². The smallest absolute Gasteiger partial charge is 0.327 e. The summed E-state index contributed by atoms with van der Waals surface area (Å²) >= 11 is 0. The van der Waals surface area contributed by atoms with E-state index in [0.29, 0.717) is 6.61 Å². The summed E-state index contributed by atoms with van der Waals surface area (Å²) in [7, 11) is -2.01. The van der Waals surface area contributed by atoms with Crippen molar-refractivity contribution < 1.29 is 23.5 Å². The molecule has 0 bridgehead atoms. The van der Waals surface area contributed by atoms with Gasteiger partial charge in [-0.05, 0) is 52.0 Å². The Morgan fingerprint density at radius 2 is 1.81 bits per heavy atom. The molecule has 0 saturated carbocycles. The lowest BCUT2D eigenvalue weighted by molar-refractivity contribution is -0.102. The molecule has 21 heavy (non-hydrogen) atoms. The molecule has 0 spiro atoms. The molecule has 0 aromatic carbocycles. The largest absolute Gasteiger partial charge is 0.436 e. The number of ether oxygens (including phenoxy) is 1. The van der Waals surface area contributed by atoms with Gasteiger partial charge < -0.3 is 23.5 Å². The zero-order chi connectivity index (χ0) is 16.7. The van der Waals surface area contributed by atoms with Crippen LogP contribution in [0.1, 0.15) is 27.2 Å². The second-order valence-electron chi connectivity index (χ2n) is 6.87. The molecule has 0 aliphatic carbocycles. The first-order valence-corrected chi connectivity index (χ1v) is 13.4. The maximum Gasteiger partial charge on any atom is 0.327 e. The van der Waals surface area contributed by atoms with E-state index in [4.69, 9.17) is 13.3 Å². The van der Waals surface area contributed by atoms with Gasteiger partial charge in [0.05, 0.1) is 12.7 Å². The fourth-order valence-corrected chi connectivity index (χ4v) is 9.30. The summed E-state index contributed by atoms with van der Waals surface area (Å²) in [5, 5.41) is 19.3. The van der Waals surface area contributed by atoms with Gasteiger partial charge in [-0.25, -0.2) is 0 Å². The van der Waals surface area contributed by atoms with Crippen LogP contribution < -0.4 is 0 Å². The average molecular weight is 339 g/mol. The molecule has 0 aliphatic heterocycles. The molecule has 128 valence electrons. The lowest BCUT2D eigenvalue weighted by atomic mass is 10.0. The van der Waals surface area contributed by atoms with Gasteiger partial charge in [-0.2, -0.15) is 0 Å².